The van der Waals surface area contributed by atoms with Gasteiger partial charge in [-0.25, -0.2) is 0 Å². The molecule has 0 aliphatic carbocycles. The van der Waals surface area contributed by atoms with E-state index in [0.29, 0.717) is 43.8 Å². The lowest BCUT2D eigenvalue weighted by molar-refractivity contribution is -0.145. The van der Waals surface area contributed by atoms with Gasteiger partial charge in [-0.05, 0) is 103 Å². The molecule has 0 aromatic heterocycles. The van der Waals surface area contributed by atoms with E-state index in [0.717, 1.165) is 97.0 Å². The Morgan fingerprint density at radius 3 is 1.29 bits per heavy atom. The van der Waals surface area contributed by atoms with Crippen molar-refractivity contribution in [3.05, 3.63) is 0 Å². The molecule has 1 N–H and O–H groups in total. The summed E-state index contributed by atoms with van der Waals surface area (Å²) in [5, 5.41) is 6.89. The maximum atomic E-state index is 12.3. The SMILES string of the molecule is CCCCCC(CCCCC)CCOC(=O)CCCCCCCCOCC(CCCN(C)C)CC(C)OCCCCCCCC(=O)OCCC(CCCCC)CCCCC.O=CO. The van der Waals surface area contributed by atoms with Crippen molar-refractivity contribution in [2.45, 2.75) is 259 Å². The van der Waals surface area contributed by atoms with Crippen LogP contribution in [-0.2, 0) is 33.3 Å². The highest BCUT2D eigenvalue weighted by Crippen LogP contribution is 2.23. The summed E-state index contributed by atoms with van der Waals surface area (Å²) in [5.41, 5.74) is 0. The van der Waals surface area contributed by atoms with E-state index < -0.39 is 0 Å². The van der Waals surface area contributed by atoms with Gasteiger partial charge in [-0.1, -0.05) is 175 Å². The van der Waals surface area contributed by atoms with Crippen molar-refractivity contribution in [3.63, 3.8) is 0 Å². The highest BCUT2D eigenvalue weighted by atomic mass is 16.5. The predicted molar refractivity (Wildman–Crippen MR) is 266 cm³/mol. The van der Waals surface area contributed by atoms with E-state index >= 15 is 0 Å². The van der Waals surface area contributed by atoms with Gasteiger partial charge in [-0.2, -0.15) is 0 Å². The van der Waals surface area contributed by atoms with Gasteiger partial charge in [0.15, 0.2) is 0 Å². The molecular formula is C54H107NO8. The van der Waals surface area contributed by atoms with Crippen LogP contribution in [0, 0.1) is 17.8 Å². The smallest absolute Gasteiger partial charge is 0.305 e. The van der Waals surface area contributed by atoms with Crippen molar-refractivity contribution >= 4 is 18.4 Å². The first-order valence-electron chi connectivity index (χ1n) is 26.9. The molecule has 0 radical (unpaired) electrons. The van der Waals surface area contributed by atoms with Crippen molar-refractivity contribution in [2.24, 2.45) is 17.8 Å². The van der Waals surface area contributed by atoms with E-state index in [-0.39, 0.29) is 24.5 Å². The van der Waals surface area contributed by atoms with Crippen molar-refractivity contribution in [3.8, 4) is 0 Å². The summed E-state index contributed by atoms with van der Waals surface area (Å²) < 4.78 is 23.8. The Hall–Kier alpha value is -1.71. The molecule has 9 heteroatoms. The molecule has 2 atom stereocenters. The molecule has 0 bridgehead atoms. The zero-order valence-electron chi connectivity index (χ0n) is 42.9. The van der Waals surface area contributed by atoms with Crippen LogP contribution in [-0.4, -0.2) is 88.2 Å². The summed E-state index contributed by atoms with van der Waals surface area (Å²) >= 11 is 0. The highest BCUT2D eigenvalue weighted by molar-refractivity contribution is 5.69. The number of rotatable bonds is 48. The summed E-state index contributed by atoms with van der Waals surface area (Å²) in [5.74, 6) is 1.94. The fourth-order valence-corrected chi connectivity index (χ4v) is 8.54. The third-order valence-electron chi connectivity index (χ3n) is 12.5. The van der Waals surface area contributed by atoms with Crippen LogP contribution in [0.15, 0.2) is 0 Å². The first-order valence-corrected chi connectivity index (χ1v) is 26.9. The monoisotopic (exact) mass is 898 g/mol. The van der Waals surface area contributed by atoms with E-state index in [1.165, 1.54) is 135 Å². The molecule has 2 unspecified atom stereocenters. The van der Waals surface area contributed by atoms with Crippen LogP contribution in [0.2, 0.25) is 0 Å². The first kappa shape index (κ1) is 63.4. The third-order valence-corrected chi connectivity index (χ3v) is 12.5. The van der Waals surface area contributed by atoms with Crippen LogP contribution in [0.1, 0.15) is 253 Å². The minimum atomic E-state index is -0.250. The van der Waals surface area contributed by atoms with Crippen LogP contribution in [0.3, 0.4) is 0 Å². The molecule has 0 fully saturated rings. The van der Waals surface area contributed by atoms with Gasteiger partial charge in [-0.15, -0.1) is 0 Å². The lowest BCUT2D eigenvalue weighted by Crippen LogP contribution is -2.21. The summed E-state index contributed by atoms with van der Waals surface area (Å²) in [6.07, 6.45) is 39.7. The Morgan fingerprint density at radius 1 is 0.492 bits per heavy atom. The van der Waals surface area contributed by atoms with E-state index in [4.69, 9.17) is 28.8 Å². The van der Waals surface area contributed by atoms with Crippen LogP contribution >= 0.6 is 0 Å². The molecule has 0 aliphatic heterocycles. The quantitative estimate of drug-likeness (QED) is 0.0362. The number of carbonyl (C=O) groups is 3. The van der Waals surface area contributed by atoms with Gasteiger partial charge in [0.1, 0.15) is 0 Å². The van der Waals surface area contributed by atoms with E-state index in [1.54, 1.807) is 0 Å². The first-order chi connectivity index (χ1) is 30.7. The van der Waals surface area contributed by atoms with Gasteiger partial charge in [0.2, 0.25) is 0 Å². The van der Waals surface area contributed by atoms with Crippen LogP contribution in [0.25, 0.3) is 0 Å². The largest absolute Gasteiger partial charge is 0.483 e. The number of ether oxygens (including phenoxy) is 4. The molecule has 0 aromatic carbocycles. The van der Waals surface area contributed by atoms with Crippen molar-refractivity contribution in [1.82, 2.24) is 4.90 Å². The van der Waals surface area contributed by atoms with E-state index in [9.17, 15) is 9.59 Å². The highest BCUT2D eigenvalue weighted by Gasteiger charge is 2.16. The normalized spacial score (nSPS) is 12.4. The van der Waals surface area contributed by atoms with Gasteiger partial charge < -0.3 is 29.0 Å². The standard InChI is InChI=1S/C53H105NO6.CH2O2/c1-8-12-23-32-49(33-24-13-9-2)39-44-59-52(55)37-27-19-16-17-21-29-42-57-47-51(36-31-41-54(6)7)46-48(5)58-43-30-22-18-20-28-38-53(56)60-45-40-50(34-25-14-10-3)35-26-15-11-4;2-1-3/h48-51H,8-47H2,1-7H3;1H,(H,2,3). The van der Waals surface area contributed by atoms with Gasteiger partial charge in [0, 0.05) is 32.7 Å². The van der Waals surface area contributed by atoms with E-state index in [2.05, 4.69) is 53.6 Å². The predicted octanol–water partition coefficient (Wildman–Crippen LogP) is 14.9. The molecule has 0 saturated carbocycles. The second-order valence-corrected chi connectivity index (χ2v) is 19.0. The zero-order chi connectivity index (χ0) is 46.9. The van der Waals surface area contributed by atoms with Crippen LogP contribution in [0.4, 0.5) is 0 Å². The van der Waals surface area contributed by atoms with Crippen molar-refractivity contribution in [1.29, 1.82) is 0 Å². The minimum absolute atomic E-state index is 0.00391. The van der Waals surface area contributed by atoms with Gasteiger partial charge in [0.05, 0.1) is 19.3 Å². The molecule has 0 spiro atoms. The molecule has 63 heavy (non-hydrogen) atoms. The minimum Gasteiger partial charge on any atom is -0.483 e. The number of esters is 2. The molecule has 376 valence electrons. The van der Waals surface area contributed by atoms with Crippen LogP contribution in [0.5, 0.6) is 0 Å². The number of hydrogen-bond acceptors (Lipinski definition) is 8. The number of carbonyl (C=O) groups excluding carboxylic acids is 2. The number of carboxylic acid groups (broad SMARTS) is 1. The second-order valence-electron chi connectivity index (χ2n) is 19.0. The number of hydrogen-bond donors (Lipinski definition) is 1. The second kappa shape index (κ2) is 51.3. The van der Waals surface area contributed by atoms with E-state index in [1.807, 2.05) is 0 Å². The fraction of sp³-hybridized carbons (Fsp3) is 0.944. The third kappa shape index (κ3) is 49.6. The summed E-state index contributed by atoms with van der Waals surface area (Å²) in [7, 11) is 4.30. The van der Waals surface area contributed by atoms with Crippen molar-refractivity contribution in [2.75, 3.05) is 53.7 Å². The maximum absolute atomic E-state index is 12.3. The number of unbranched alkanes of at least 4 members (excludes halogenated alkanes) is 17. The molecule has 0 rings (SSSR count). The molecule has 0 saturated heterocycles. The Kier molecular flexibility index (Phi) is 51.6. The Bertz CT molecular complexity index is 929. The average molecular weight is 898 g/mol. The summed E-state index contributed by atoms with van der Waals surface area (Å²) in [4.78, 5) is 35.3. The number of nitrogens with zero attached hydrogens (tertiary/aromatic N) is 1. The lowest BCUT2D eigenvalue weighted by Gasteiger charge is -2.22. The van der Waals surface area contributed by atoms with Crippen LogP contribution < -0.4 is 0 Å². The Balaban J connectivity index is 0. The van der Waals surface area contributed by atoms with Gasteiger partial charge in [0.25, 0.3) is 6.47 Å². The summed E-state index contributed by atoms with van der Waals surface area (Å²) in [6, 6.07) is 0. The molecule has 0 heterocycles. The van der Waals surface area contributed by atoms with Gasteiger partial charge in [-0.3, -0.25) is 14.4 Å². The zero-order valence-corrected chi connectivity index (χ0v) is 42.9. The molecule has 0 aliphatic rings. The fourth-order valence-electron chi connectivity index (χ4n) is 8.54. The maximum Gasteiger partial charge on any atom is 0.305 e. The lowest BCUT2D eigenvalue weighted by atomic mass is 9.92. The molecule has 9 nitrogen and oxygen atoms in total. The molecular weight excluding hydrogens is 791 g/mol. The Morgan fingerprint density at radius 2 is 0.873 bits per heavy atom. The van der Waals surface area contributed by atoms with Crippen molar-refractivity contribution < 1.29 is 38.4 Å². The van der Waals surface area contributed by atoms with Gasteiger partial charge >= 0.3 is 11.9 Å². The average Bonchev–Trinajstić information content (AvgIpc) is 3.25. The molecule has 0 aromatic rings. The molecule has 0 amide bonds. The summed E-state index contributed by atoms with van der Waals surface area (Å²) in [6.45, 7) is 15.8. The topological polar surface area (TPSA) is 112 Å². The Labute approximate surface area is 391 Å².